The maximum Gasteiger partial charge on any atom is 0.475 e. The summed E-state index contributed by atoms with van der Waals surface area (Å²) in [7, 11) is -0.583. The fraction of sp³-hybridized carbons (Fsp3) is 0.667. The topological polar surface area (TPSA) is 85.3 Å². The van der Waals surface area contributed by atoms with Crippen molar-refractivity contribution >= 4 is 13.8 Å². The molecule has 17 heavy (non-hydrogen) atoms. The van der Waals surface area contributed by atoms with Gasteiger partial charge in [0.25, 0.3) is 0 Å². The van der Waals surface area contributed by atoms with E-state index in [1.54, 1.807) is 19.0 Å². The van der Waals surface area contributed by atoms with Crippen LogP contribution < -0.4 is 0 Å². The second-order valence-electron chi connectivity index (χ2n) is 3.56. The zero-order valence-electron chi connectivity index (χ0n) is 10.2. The van der Waals surface area contributed by atoms with Gasteiger partial charge in [-0.3, -0.25) is 4.52 Å². The normalized spacial score (nSPS) is 14.4. The SMILES string of the molecule is C=C(C)C(=O)OCOP(=O)(O)OCCN(C)C. The van der Waals surface area contributed by atoms with Crippen molar-refractivity contribution < 1.29 is 28.0 Å². The Morgan fingerprint density at radius 3 is 2.47 bits per heavy atom. The lowest BCUT2D eigenvalue weighted by Gasteiger charge is -2.14. The van der Waals surface area contributed by atoms with Crippen molar-refractivity contribution in [3.63, 3.8) is 0 Å². The first-order valence-corrected chi connectivity index (χ1v) is 6.33. The van der Waals surface area contributed by atoms with Crippen molar-refractivity contribution in [3.05, 3.63) is 12.2 Å². The molecule has 0 fully saturated rings. The van der Waals surface area contributed by atoms with E-state index in [1.165, 1.54) is 6.92 Å². The fourth-order valence-corrected chi connectivity index (χ4v) is 1.22. The summed E-state index contributed by atoms with van der Waals surface area (Å²) in [6.07, 6.45) is 0. The fourth-order valence-electron chi connectivity index (χ4n) is 0.646. The third-order valence-electron chi connectivity index (χ3n) is 1.55. The van der Waals surface area contributed by atoms with Crippen molar-refractivity contribution in [2.24, 2.45) is 0 Å². The van der Waals surface area contributed by atoms with Crippen LogP contribution in [0.1, 0.15) is 6.92 Å². The van der Waals surface area contributed by atoms with Gasteiger partial charge in [0.05, 0.1) is 6.61 Å². The van der Waals surface area contributed by atoms with Crippen LogP contribution in [0.3, 0.4) is 0 Å². The van der Waals surface area contributed by atoms with Gasteiger partial charge in [0.15, 0.2) is 0 Å². The molecule has 0 amide bonds. The highest BCUT2D eigenvalue weighted by Crippen LogP contribution is 2.42. The molecule has 0 aliphatic carbocycles. The van der Waals surface area contributed by atoms with Gasteiger partial charge in [-0.1, -0.05) is 6.58 Å². The molecule has 0 aliphatic heterocycles. The molecule has 0 saturated heterocycles. The van der Waals surface area contributed by atoms with E-state index in [4.69, 9.17) is 4.89 Å². The number of phosphoric ester groups is 1. The molecule has 0 aromatic carbocycles. The van der Waals surface area contributed by atoms with Crippen LogP contribution in [0.25, 0.3) is 0 Å². The summed E-state index contributed by atoms with van der Waals surface area (Å²) in [5.41, 5.74) is 0.176. The van der Waals surface area contributed by atoms with Crippen molar-refractivity contribution in [1.82, 2.24) is 4.90 Å². The zero-order chi connectivity index (χ0) is 13.5. The summed E-state index contributed by atoms with van der Waals surface area (Å²) >= 11 is 0. The Hall–Kier alpha value is -0.720. The predicted molar refractivity (Wildman–Crippen MR) is 61.2 cm³/mol. The van der Waals surface area contributed by atoms with Gasteiger partial charge in [0.1, 0.15) is 0 Å². The standard InChI is InChI=1S/C9H18NO6P/c1-8(2)9(11)14-7-16-17(12,13)15-6-5-10(3)4/h1,5-7H2,2-4H3,(H,12,13). The number of phosphoric acid groups is 1. The first kappa shape index (κ1) is 16.3. The third kappa shape index (κ3) is 9.02. The van der Waals surface area contributed by atoms with Gasteiger partial charge in [0, 0.05) is 12.1 Å². The highest BCUT2D eigenvalue weighted by Gasteiger charge is 2.21. The molecule has 8 heteroatoms. The minimum atomic E-state index is -4.17. The summed E-state index contributed by atoms with van der Waals surface area (Å²) in [4.78, 5) is 21.8. The lowest BCUT2D eigenvalue weighted by atomic mass is 10.4. The monoisotopic (exact) mass is 267 g/mol. The number of carbonyl (C=O) groups excluding carboxylic acids is 1. The summed E-state index contributed by atoms with van der Waals surface area (Å²) in [5.74, 6) is -0.696. The molecule has 0 rings (SSSR count). The second-order valence-corrected chi connectivity index (χ2v) is 5.02. The number of likely N-dealkylation sites (N-methyl/N-ethyl adjacent to an activating group) is 1. The van der Waals surface area contributed by atoms with Crippen LogP contribution in [0.15, 0.2) is 12.2 Å². The van der Waals surface area contributed by atoms with E-state index in [2.05, 4.69) is 20.4 Å². The molecule has 100 valence electrons. The molecule has 0 aromatic rings. The van der Waals surface area contributed by atoms with Gasteiger partial charge in [0.2, 0.25) is 6.79 Å². The highest BCUT2D eigenvalue weighted by molar-refractivity contribution is 7.47. The Kier molecular flexibility index (Phi) is 7.26. The van der Waals surface area contributed by atoms with E-state index in [9.17, 15) is 9.36 Å². The summed E-state index contributed by atoms with van der Waals surface area (Å²) in [5, 5.41) is 0. The van der Waals surface area contributed by atoms with Gasteiger partial charge >= 0.3 is 13.8 Å². The number of rotatable bonds is 8. The van der Waals surface area contributed by atoms with Crippen molar-refractivity contribution in [3.8, 4) is 0 Å². The Morgan fingerprint density at radius 2 is 2.00 bits per heavy atom. The zero-order valence-corrected chi connectivity index (χ0v) is 11.1. The number of ether oxygens (including phenoxy) is 1. The molecular formula is C9H18NO6P. The minimum absolute atomic E-state index is 0.0369. The minimum Gasteiger partial charge on any atom is -0.435 e. The maximum absolute atomic E-state index is 11.2. The molecule has 1 N–H and O–H groups in total. The van der Waals surface area contributed by atoms with Crippen LogP contribution >= 0.6 is 7.82 Å². The van der Waals surface area contributed by atoms with Gasteiger partial charge < -0.3 is 14.5 Å². The van der Waals surface area contributed by atoms with Crippen LogP contribution in [0, 0.1) is 0 Å². The number of hydrogen-bond donors (Lipinski definition) is 1. The molecular weight excluding hydrogens is 249 g/mol. The van der Waals surface area contributed by atoms with Crippen molar-refractivity contribution in [2.45, 2.75) is 6.92 Å². The molecule has 0 heterocycles. The quantitative estimate of drug-likeness (QED) is 0.301. The molecule has 0 radical (unpaired) electrons. The number of carbonyl (C=O) groups is 1. The highest BCUT2D eigenvalue weighted by atomic mass is 31.2. The first-order valence-electron chi connectivity index (χ1n) is 4.84. The van der Waals surface area contributed by atoms with E-state index in [0.29, 0.717) is 6.54 Å². The van der Waals surface area contributed by atoms with E-state index in [-0.39, 0.29) is 12.2 Å². The summed E-state index contributed by atoms with van der Waals surface area (Å²) < 4.78 is 24.7. The third-order valence-corrected chi connectivity index (χ3v) is 2.49. The van der Waals surface area contributed by atoms with E-state index >= 15 is 0 Å². The lowest BCUT2D eigenvalue weighted by Crippen LogP contribution is -2.18. The van der Waals surface area contributed by atoms with Crippen molar-refractivity contribution in [2.75, 3.05) is 34.0 Å². The van der Waals surface area contributed by atoms with Gasteiger partial charge in [-0.15, -0.1) is 0 Å². The van der Waals surface area contributed by atoms with Gasteiger partial charge in [-0.2, -0.15) is 0 Å². The largest absolute Gasteiger partial charge is 0.475 e. The molecule has 0 aromatic heterocycles. The Morgan fingerprint density at radius 1 is 1.41 bits per heavy atom. The number of nitrogens with zero attached hydrogens (tertiary/aromatic N) is 1. The molecule has 0 bridgehead atoms. The van der Waals surface area contributed by atoms with Crippen LogP contribution in [-0.4, -0.2) is 49.8 Å². The van der Waals surface area contributed by atoms with E-state index in [0.717, 1.165) is 0 Å². The van der Waals surface area contributed by atoms with Crippen LogP contribution in [0.2, 0.25) is 0 Å². The number of esters is 1. The van der Waals surface area contributed by atoms with Crippen LogP contribution in [0.5, 0.6) is 0 Å². The average Bonchev–Trinajstić information content (AvgIpc) is 2.15. The summed E-state index contributed by atoms with van der Waals surface area (Å²) in [6, 6.07) is 0. The van der Waals surface area contributed by atoms with Crippen molar-refractivity contribution in [1.29, 1.82) is 0 Å². The number of hydrogen-bond acceptors (Lipinski definition) is 6. The van der Waals surface area contributed by atoms with Crippen LogP contribution in [-0.2, 0) is 23.1 Å². The molecule has 0 spiro atoms. The van der Waals surface area contributed by atoms with E-state index in [1.807, 2.05) is 0 Å². The summed E-state index contributed by atoms with van der Waals surface area (Å²) in [6.45, 7) is 4.65. The predicted octanol–water partition coefficient (Wildman–Crippen LogP) is 0.758. The lowest BCUT2D eigenvalue weighted by molar-refractivity contribution is -0.146. The smallest absolute Gasteiger partial charge is 0.435 e. The Labute approximate surface area is 101 Å². The van der Waals surface area contributed by atoms with Gasteiger partial charge in [-0.25, -0.2) is 13.9 Å². The first-order chi connectivity index (χ1) is 7.74. The van der Waals surface area contributed by atoms with E-state index < -0.39 is 20.6 Å². The van der Waals surface area contributed by atoms with Crippen LogP contribution in [0.4, 0.5) is 0 Å². The Balaban J connectivity index is 3.82. The van der Waals surface area contributed by atoms with Gasteiger partial charge in [-0.05, 0) is 21.0 Å². The Bertz CT molecular complexity index is 317. The second kappa shape index (κ2) is 7.58. The molecule has 0 saturated carbocycles. The average molecular weight is 267 g/mol. The molecule has 1 unspecified atom stereocenters. The molecule has 0 aliphatic rings. The molecule has 7 nitrogen and oxygen atoms in total. The molecule has 1 atom stereocenters. The maximum atomic E-state index is 11.2.